The molecule has 5 heteroatoms. The molecule has 4 nitrogen and oxygen atoms in total. The van der Waals surface area contributed by atoms with Crippen molar-refractivity contribution in [3.05, 3.63) is 225 Å². The van der Waals surface area contributed by atoms with Gasteiger partial charge in [0.2, 0.25) is 0 Å². The Labute approximate surface area is 372 Å². The van der Waals surface area contributed by atoms with E-state index in [0.717, 1.165) is 61.5 Å². The molecule has 0 amide bonds. The van der Waals surface area contributed by atoms with E-state index in [0.29, 0.717) is 0 Å². The molecule has 6 aromatic rings. The first-order valence-corrected chi connectivity index (χ1v) is 21.2. The predicted molar refractivity (Wildman–Crippen MR) is 251 cm³/mol. The van der Waals surface area contributed by atoms with E-state index >= 15 is 0 Å². The fourth-order valence-electron chi connectivity index (χ4n) is 10.6. The summed E-state index contributed by atoms with van der Waals surface area (Å²) < 4.78 is 0. The summed E-state index contributed by atoms with van der Waals surface area (Å²) in [5.74, 6) is 0. The summed E-state index contributed by atoms with van der Waals surface area (Å²) in [5, 5.41) is 7.50. The van der Waals surface area contributed by atoms with Gasteiger partial charge in [-0.3, -0.25) is 0 Å². The smallest absolute Gasteiger partial charge is 0.674 e. The van der Waals surface area contributed by atoms with E-state index in [4.69, 9.17) is 20.3 Å². The van der Waals surface area contributed by atoms with E-state index in [-0.39, 0.29) is 22.8 Å². The number of aryl methyl sites for hydroxylation is 12. The van der Waals surface area contributed by atoms with Crippen molar-refractivity contribution in [2.75, 3.05) is 0 Å². The molecule has 0 N–H and O–H groups in total. The second kappa shape index (κ2) is 15.9. The van der Waals surface area contributed by atoms with Crippen molar-refractivity contribution in [1.82, 2.24) is 9.97 Å². The minimum atomic E-state index is -0.263. The van der Waals surface area contributed by atoms with Crippen LogP contribution in [0.4, 0.5) is 0 Å². The molecule has 61 heavy (non-hydrogen) atoms. The van der Waals surface area contributed by atoms with Gasteiger partial charge in [0.25, 0.3) is 0 Å². The average Bonchev–Trinajstić information content (AvgIpc) is 3.99. The van der Waals surface area contributed by atoms with E-state index in [1.54, 1.807) is 0 Å². The van der Waals surface area contributed by atoms with E-state index in [1.807, 2.05) is 0 Å². The van der Waals surface area contributed by atoms with Crippen LogP contribution >= 0.6 is 0 Å². The molecule has 8 bridgehead atoms. The number of hydrogen-bond acceptors (Lipinski definition) is 1. The number of nitrogens with zero attached hydrogens (tertiary/aromatic N) is 4. The van der Waals surface area contributed by atoms with Crippen LogP contribution in [0.3, 0.4) is 0 Å². The topological polar surface area (TPSA) is 54.7 Å². The Balaban J connectivity index is 0.00000514. The third-order valence-electron chi connectivity index (χ3n) is 12.5. The molecule has 1 unspecified atom stereocenters. The van der Waals surface area contributed by atoms with Crippen molar-refractivity contribution in [2.24, 2.45) is 4.99 Å². The van der Waals surface area contributed by atoms with Crippen LogP contribution in [0, 0.1) is 83.1 Å². The number of benzene rings is 4. The van der Waals surface area contributed by atoms with Crippen LogP contribution in [0.2, 0.25) is 0 Å². The van der Waals surface area contributed by atoms with Crippen LogP contribution in [-0.2, 0) is 16.8 Å². The minimum Gasteiger partial charge on any atom is -0.674 e. The maximum atomic E-state index is 5.68. The largest absolute Gasteiger partial charge is 3.00 e. The summed E-state index contributed by atoms with van der Waals surface area (Å²) in [5.41, 5.74) is 28.1. The summed E-state index contributed by atoms with van der Waals surface area (Å²) in [6.45, 7) is 26.4. The summed E-state index contributed by atoms with van der Waals surface area (Å²) >= 11 is 0. The van der Waals surface area contributed by atoms with Gasteiger partial charge in [0.05, 0.1) is 11.4 Å². The molecular formula is C56H53CoN4. The summed E-state index contributed by atoms with van der Waals surface area (Å²) in [6.07, 6.45) is 8.85. The van der Waals surface area contributed by atoms with Gasteiger partial charge < -0.3 is 15.3 Å². The number of fused-ring (bicyclic) bond motifs is 7. The Kier molecular flexibility index (Phi) is 10.9. The molecule has 2 aromatic heterocycles. The zero-order valence-corrected chi connectivity index (χ0v) is 38.5. The number of aliphatic imine (C=N–C) groups is 1. The third-order valence-corrected chi connectivity index (χ3v) is 12.5. The molecule has 0 radical (unpaired) electrons. The molecule has 3 aliphatic rings. The molecule has 4 aromatic carbocycles. The first kappa shape index (κ1) is 41.8. The van der Waals surface area contributed by atoms with E-state index < -0.39 is 0 Å². The SMILES string of the molecule is Cc1cc(C)c(/C2=C3\C=CC(=N3)/C(c3c(C)cc(C)cc3C)=c3/cc/c([n-]3)=C(\c3c(C)cc(C)cc3C)C3C=C/C(=C(\c4c(C)cc(C)cc4C)c4ccc2[n-]4)[N-]3)c(C)c1.[Co+3]. The van der Waals surface area contributed by atoms with Gasteiger partial charge in [-0.05, 0) is 179 Å². The molecule has 0 fully saturated rings. The second-order valence-electron chi connectivity index (χ2n) is 17.6. The Morgan fingerprint density at radius 2 is 0.852 bits per heavy atom. The van der Waals surface area contributed by atoms with Crippen LogP contribution in [0.1, 0.15) is 100 Å². The number of rotatable bonds is 4. The predicted octanol–water partition coefficient (Wildman–Crippen LogP) is 11.3. The van der Waals surface area contributed by atoms with Crippen LogP contribution in [0.15, 0.2) is 113 Å². The van der Waals surface area contributed by atoms with Gasteiger partial charge in [0.15, 0.2) is 0 Å². The summed E-state index contributed by atoms with van der Waals surface area (Å²) in [6, 6.07) is 26.7. The van der Waals surface area contributed by atoms with Crippen molar-refractivity contribution in [3.8, 4) is 0 Å². The van der Waals surface area contributed by atoms with Gasteiger partial charge in [0.1, 0.15) is 0 Å². The average molecular weight is 841 g/mol. The zero-order chi connectivity index (χ0) is 42.3. The van der Waals surface area contributed by atoms with E-state index in [2.05, 4.69) is 180 Å². The Morgan fingerprint density at radius 1 is 0.426 bits per heavy atom. The maximum Gasteiger partial charge on any atom is 3.00 e. The minimum absolute atomic E-state index is 0. The van der Waals surface area contributed by atoms with Crippen molar-refractivity contribution in [3.63, 3.8) is 0 Å². The molecule has 0 saturated carbocycles. The van der Waals surface area contributed by atoms with Gasteiger partial charge >= 0.3 is 16.8 Å². The Hall–Kier alpha value is -5.88. The molecule has 5 heterocycles. The van der Waals surface area contributed by atoms with Gasteiger partial charge in [-0.1, -0.05) is 119 Å². The van der Waals surface area contributed by atoms with Crippen LogP contribution in [0.5, 0.6) is 0 Å². The number of hydrogen-bond donors (Lipinski definition) is 0. The molecule has 0 saturated heterocycles. The van der Waals surface area contributed by atoms with E-state index in [1.165, 1.54) is 89.0 Å². The van der Waals surface area contributed by atoms with Crippen molar-refractivity contribution >= 4 is 28.0 Å². The molecule has 1 atom stereocenters. The Bertz CT molecular complexity index is 3040. The van der Waals surface area contributed by atoms with Crippen LogP contribution in [-0.4, -0.2) is 11.8 Å². The molecule has 306 valence electrons. The quantitative estimate of drug-likeness (QED) is 0.178. The summed E-state index contributed by atoms with van der Waals surface area (Å²) in [4.78, 5) is 16.8. The monoisotopic (exact) mass is 840 g/mol. The molecule has 9 rings (SSSR count). The first-order valence-electron chi connectivity index (χ1n) is 21.2. The van der Waals surface area contributed by atoms with Crippen LogP contribution < -0.4 is 20.7 Å². The maximum absolute atomic E-state index is 5.68. The number of allylic oxidation sites excluding steroid dienone is 3. The molecule has 3 aliphatic heterocycles. The van der Waals surface area contributed by atoms with Gasteiger partial charge in [-0.15, -0.1) is 27.8 Å². The normalized spacial score (nSPS) is 19.9. The van der Waals surface area contributed by atoms with Crippen LogP contribution in [0.25, 0.3) is 27.6 Å². The summed E-state index contributed by atoms with van der Waals surface area (Å²) in [7, 11) is 0. The standard InChI is InChI=1S/C56H53N4.Co/c1-29-21-33(5)49(34(6)22-29)53-41-13-15-43(57-41)54(50-35(7)23-30(2)24-36(50)8)45-17-19-47(59-45)56(52-39(11)27-32(4)28-40(52)12)48-20-18-46(60-48)55(44-16-14-42(53)58-44)51-37(9)25-31(3)26-38(51)10;/h13-28,41H,1-12H3;/q-3;+3/b53-42+,54-43+,55-44+,56-48+;. The zero-order valence-electron chi connectivity index (χ0n) is 37.4. The van der Waals surface area contributed by atoms with Gasteiger partial charge in [-0.25, -0.2) is 4.99 Å². The Morgan fingerprint density at radius 3 is 1.36 bits per heavy atom. The fraction of sp³-hybridized carbons (Fsp3) is 0.232. The first-order chi connectivity index (χ1) is 28.7. The van der Waals surface area contributed by atoms with E-state index in [9.17, 15) is 0 Å². The van der Waals surface area contributed by atoms with Crippen molar-refractivity contribution in [1.29, 1.82) is 0 Å². The molecular weight excluding hydrogens is 788 g/mol. The molecule has 0 spiro atoms. The second-order valence-corrected chi connectivity index (χ2v) is 17.6. The van der Waals surface area contributed by atoms with Crippen molar-refractivity contribution < 1.29 is 16.8 Å². The third kappa shape index (κ3) is 7.28. The van der Waals surface area contributed by atoms with Crippen molar-refractivity contribution in [2.45, 2.75) is 89.1 Å². The number of aromatic nitrogens is 2. The van der Waals surface area contributed by atoms with Gasteiger partial charge in [0, 0.05) is 0 Å². The fourth-order valence-corrected chi connectivity index (χ4v) is 10.6. The van der Waals surface area contributed by atoms with Gasteiger partial charge in [-0.2, -0.15) is 0 Å². The molecule has 0 aliphatic carbocycles.